The Morgan fingerprint density at radius 1 is 1.21 bits per heavy atom. The highest BCUT2D eigenvalue weighted by atomic mass is 32.2. The van der Waals surface area contributed by atoms with Crippen LogP contribution < -0.4 is 9.47 Å². The van der Waals surface area contributed by atoms with Crippen LogP contribution >= 0.6 is 0 Å². The lowest BCUT2D eigenvalue weighted by Crippen LogP contribution is -2.61. The molecule has 19 heavy (non-hydrogen) atoms. The Morgan fingerprint density at radius 2 is 1.84 bits per heavy atom. The number of aliphatic hydroxyl groups is 1. The van der Waals surface area contributed by atoms with Crippen molar-refractivity contribution in [2.24, 2.45) is 0 Å². The van der Waals surface area contributed by atoms with E-state index in [0.717, 1.165) is 0 Å². The molecule has 7 heteroatoms. The van der Waals surface area contributed by atoms with Crippen LogP contribution in [0.5, 0.6) is 11.5 Å². The topological polar surface area (TPSA) is 76.1 Å². The number of β-amino-alcohol motifs (C(OH)–C–C–N with tert-alkyl or cyclic N) is 1. The lowest BCUT2D eigenvalue weighted by molar-refractivity contribution is -0.0426. The molecule has 104 valence electrons. The summed E-state index contributed by atoms with van der Waals surface area (Å²) in [5, 5.41) is 9.64. The Balaban J connectivity index is 1.90. The van der Waals surface area contributed by atoms with E-state index in [1.54, 1.807) is 13.0 Å². The van der Waals surface area contributed by atoms with Crippen LogP contribution in [-0.2, 0) is 10.0 Å². The average Bonchev–Trinajstić information content (AvgIpc) is 2.35. The molecule has 0 radical (unpaired) electrons. The van der Waals surface area contributed by atoms with Gasteiger partial charge in [-0.25, -0.2) is 8.42 Å². The van der Waals surface area contributed by atoms with Crippen molar-refractivity contribution < 1.29 is 23.0 Å². The normalized spacial score (nSPS) is 21.8. The van der Waals surface area contributed by atoms with Crippen LogP contribution in [0.15, 0.2) is 23.1 Å². The molecule has 2 heterocycles. The quantitative estimate of drug-likeness (QED) is 0.841. The fourth-order valence-electron chi connectivity index (χ4n) is 2.22. The fourth-order valence-corrected chi connectivity index (χ4v) is 3.91. The molecule has 1 aromatic rings. The van der Waals surface area contributed by atoms with Crippen LogP contribution in [0.2, 0.25) is 0 Å². The zero-order chi connectivity index (χ0) is 13.7. The summed E-state index contributed by atoms with van der Waals surface area (Å²) in [6.45, 7) is 2.72. The summed E-state index contributed by atoms with van der Waals surface area (Å²) in [5.41, 5.74) is -0.930. The maximum atomic E-state index is 12.3. The van der Waals surface area contributed by atoms with E-state index in [1.165, 1.54) is 16.4 Å². The maximum Gasteiger partial charge on any atom is 0.243 e. The fraction of sp³-hybridized carbons (Fsp3) is 0.500. The van der Waals surface area contributed by atoms with E-state index in [9.17, 15) is 13.5 Å². The first kappa shape index (κ1) is 12.7. The van der Waals surface area contributed by atoms with E-state index in [0.29, 0.717) is 24.7 Å². The lowest BCUT2D eigenvalue weighted by Gasteiger charge is -2.42. The molecule has 0 saturated carbocycles. The van der Waals surface area contributed by atoms with Gasteiger partial charge in [0.05, 0.1) is 10.5 Å². The minimum Gasteiger partial charge on any atom is -0.486 e. The van der Waals surface area contributed by atoms with Gasteiger partial charge >= 0.3 is 0 Å². The van der Waals surface area contributed by atoms with Gasteiger partial charge in [-0.15, -0.1) is 0 Å². The number of ether oxygens (including phenoxy) is 2. The molecule has 0 bridgehead atoms. The van der Waals surface area contributed by atoms with E-state index < -0.39 is 15.6 Å². The molecule has 1 fully saturated rings. The van der Waals surface area contributed by atoms with E-state index in [4.69, 9.17) is 9.47 Å². The summed E-state index contributed by atoms with van der Waals surface area (Å²) >= 11 is 0. The Bertz CT molecular complexity index is 603. The second-order valence-electron chi connectivity index (χ2n) is 5.08. The van der Waals surface area contributed by atoms with Gasteiger partial charge in [0.2, 0.25) is 10.0 Å². The van der Waals surface area contributed by atoms with Crippen molar-refractivity contribution in [3.63, 3.8) is 0 Å². The molecule has 2 aliphatic heterocycles. The predicted molar refractivity (Wildman–Crippen MR) is 66.8 cm³/mol. The van der Waals surface area contributed by atoms with E-state index in [2.05, 4.69) is 0 Å². The minimum absolute atomic E-state index is 0.115. The highest BCUT2D eigenvalue weighted by Crippen LogP contribution is 2.35. The number of rotatable bonds is 2. The van der Waals surface area contributed by atoms with Gasteiger partial charge in [-0.1, -0.05) is 0 Å². The van der Waals surface area contributed by atoms with Gasteiger partial charge in [0, 0.05) is 19.2 Å². The standard InChI is InChI=1S/C12H15NO5S/c1-12(14)7-13(8-12)19(15,16)9-2-3-10-11(6-9)18-5-4-17-10/h2-3,6,14H,4-5,7-8H2,1H3. The molecule has 0 spiro atoms. The van der Waals surface area contributed by atoms with Crippen LogP contribution in [-0.4, -0.2) is 49.7 Å². The molecule has 0 amide bonds. The summed E-state index contributed by atoms with van der Waals surface area (Å²) in [4.78, 5) is 0.159. The van der Waals surface area contributed by atoms with Crippen molar-refractivity contribution >= 4 is 10.0 Å². The zero-order valence-electron chi connectivity index (χ0n) is 10.5. The SMILES string of the molecule is CC1(O)CN(S(=O)(=O)c2ccc3c(c2)OCCO3)C1. The number of nitrogens with zero attached hydrogens (tertiary/aromatic N) is 1. The molecule has 6 nitrogen and oxygen atoms in total. The van der Waals surface area contributed by atoms with Gasteiger partial charge in [-0.3, -0.25) is 0 Å². The van der Waals surface area contributed by atoms with Crippen molar-refractivity contribution in [3.8, 4) is 11.5 Å². The molecule has 0 atom stereocenters. The van der Waals surface area contributed by atoms with E-state index >= 15 is 0 Å². The summed E-state index contributed by atoms with van der Waals surface area (Å²) in [6, 6.07) is 4.56. The Kier molecular flexibility index (Phi) is 2.74. The largest absolute Gasteiger partial charge is 0.486 e. The third kappa shape index (κ3) is 2.18. The van der Waals surface area contributed by atoms with Gasteiger partial charge in [0.25, 0.3) is 0 Å². The Morgan fingerprint density at radius 3 is 2.47 bits per heavy atom. The van der Waals surface area contributed by atoms with E-state index in [-0.39, 0.29) is 18.0 Å². The third-order valence-electron chi connectivity index (χ3n) is 3.19. The molecular weight excluding hydrogens is 270 g/mol. The van der Waals surface area contributed by atoms with Gasteiger partial charge in [0.15, 0.2) is 11.5 Å². The van der Waals surface area contributed by atoms with Gasteiger partial charge < -0.3 is 14.6 Å². The molecule has 3 rings (SSSR count). The molecular formula is C12H15NO5S. The van der Waals surface area contributed by atoms with Crippen LogP contribution in [0.3, 0.4) is 0 Å². The van der Waals surface area contributed by atoms with Crippen molar-refractivity contribution in [2.45, 2.75) is 17.4 Å². The number of hydrogen-bond donors (Lipinski definition) is 1. The number of benzene rings is 1. The summed E-state index contributed by atoms with van der Waals surface area (Å²) in [6.07, 6.45) is 0. The first-order valence-corrected chi connectivity index (χ1v) is 7.45. The Labute approximate surface area is 111 Å². The minimum atomic E-state index is -3.57. The first-order valence-electron chi connectivity index (χ1n) is 6.01. The second kappa shape index (κ2) is 4.09. The van der Waals surface area contributed by atoms with Crippen molar-refractivity contribution in [2.75, 3.05) is 26.3 Å². The molecule has 0 aliphatic carbocycles. The van der Waals surface area contributed by atoms with Crippen molar-refractivity contribution in [1.29, 1.82) is 0 Å². The van der Waals surface area contributed by atoms with E-state index in [1.807, 2.05) is 0 Å². The van der Waals surface area contributed by atoms with Crippen molar-refractivity contribution in [1.82, 2.24) is 4.31 Å². The molecule has 1 saturated heterocycles. The monoisotopic (exact) mass is 285 g/mol. The van der Waals surface area contributed by atoms with Crippen molar-refractivity contribution in [3.05, 3.63) is 18.2 Å². The predicted octanol–water partition coefficient (Wildman–Crippen LogP) is 0.213. The molecule has 2 aliphatic rings. The summed E-state index contributed by atoms with van der Waals surface area (Å²) < 4.78 is 36.6. The number of hydrogen-bond acceptors (Lipinski definition) is 5. The first-order chi connectivity index (χ1) is 8.88. The third-order valence-corrected chi connectivity index (χ3v) is 4.97. The molecule has 1 aromatic carbocycles. The van der Waals surface area contributed by atoms with Crippen LogP contribution in [0.4, 0.5) is 0 Å². The smallest absolute Gasteiger partial charge is 0.243 e. The second-order valence-corrected chi connectivity index (χ2v) is 7.01. The zero-order valence-corrected chi connectivity index (χ0v) is 11.3. The van der Waals surface area contributed by atoms with Crippen LogP contribution in [0.25, 0.3) is 0 Å². The molecule has 0 aromatic heterocycles. The molecule has 0 unspecified atom stereocenters. The van der Waals surface area contributed by atoms with Crippen LogP contribution in [0, 0.1) is 0 Å². The summed E-state index contributed by atoms with van der Waals surface area (Å²) in [7, 11) is -3.57. The van der Waals surface area contributed by atoms with Gasteiger partial charge in [0.1, 0.15) is 13.2 Å². The number of sulfonamides is 1. The van der Waals surface area contributed by atoms with Crippen LogP contribution in [0.1, 0.15) is 6.92 Å². The molecule has 1 N–H and O–H groups in total. The highest BCUT2D eigenvalue weighted by molar-refractivity contribution is 7.89. The van der Waals surface area contributed by atoms with Gasteiger partial charge in [-0.2, -0.15) is 4.31 Å². The lowest BCUT2D eigenvalue weighted by atomic mass is 10.0. The summed E-state index contributed by atoms with van der Waals surface area (Å²) in [5.74, 6) is 1.00. The average molecular weight is 285 g/mol. The highest BCUT2D eigenvalue weighted by Gasteiger charge is 2.44. The Hall–Kier alpha value is -1.31. The number of fused-ring (bicyclic) bond motifs is 1. The van der Waals surface area contributed by atoms with Gasteiger partial charge in [-0.05, 0) is 19.1 Å². The maximum absolute atomic E-state index is 12.3.